The average Bonchev–Trinajstić information content (AvgIpc) is 1.56. The molecular formula is C135H99N9Si3. The largest absolute Gasteiger partial charge is 0.208 e. The van der Waals surface area contributed by atoms with Gasteiger partial charge in [0.15, 0.2) is 52.4 Å². The van der Waals surface area contributed by atoms with Crippen molar-refractivity contribution in [2.45, 2.75) is 39.3 Å². The van der Waals surface area contributed by atoms with E-state index in [1.165, 1.54) is 114 Å². The molecule has 0 radical (unpaired) electrons. The highest BCUT2D eigenvalue weighted by Gasteiger charge is 2.44. The van der Waals surface area contributed by atoms with Crippen molar-refractivity contribution in [3.63, 3.8) is 0 Å². The normalized spacial score (nSPS) is 12.9. The van der Waals surface area contributed by atoms with Crippen molar-refractivity contribution in [1.29, 1.82) is 0 Å². The topological polar surface area (TPSA) is 116 Å². The molecule has 21 aromatic carbocycles. The van der Waals surface area contributed by atoms with E-state index in [1.807, 2.05) is 36.4 Å². The quantitative estimate of drug-likeness (QED) is 0.0925. The molecule has 0 fully saturated rings. The molecule has 6 heterocycles. The van der Waals surface area contributed by atoms with Crippen LogP contribution in [0.4, 0.5) is 0 Å². The van der Waals surface area contributed by atoms with E-state index < -0.39 is 24.2 Å². The van der Waals surface area contributed by atoms with Crippen LogP contribution in [0.1, 0.15) is 0 Å². The van der Waals surface area contributed by atoms with Crippen molar-refractivity contribution in [1.82, 2.24) is 44.9 Å². The first kappa shape index (κ1) is 90.4. The maximum Gasteiger partial charge on any atom is 0.164 e. The molecular weight excluding hydrogens is 1830 g/mol. The predicted molar refractivity (Wildman–Crippen MR) is 620 cm³/mol. The first-order chi connectivity index (χ1) is 72.1. The van der Waals surface area contributed by atoms with Crippen LogP contribution in [0.25, 0.3) is 235 Å². The standard InChI is InChI=1S/3C45H33N3Si/c1-49(2)41-37-20-10-9-17-33(37)27-28-39(41)38-21-12-22-40(42(38)49)45-47-43(34-25-23-32(24-26-34)30-13-5-3-6-14-30)46-44(48-45)36-19-11-18-35(29-36)31-15-7-4-8-16-31;1-49(2)41-29-37(25-26-39(41)40-27-24-33-16-9-10-19-38(33)42(40)49)45-47-43(34-22-20-32(21-23-34)30-12-5-3-6-13-30)46-44(48-45)36-18-11-17-35(28-36)31-14-7-4-8-15-31;1-49(2)41-27-25-37(29-40(41)39-26-24-33-16-9-10-19-38(33)42(39)49)45-47-43(34-22-20-32(21-23-34)30-12-5-3-6-13-30)46-44(48-45)36-18-11-17-35(28-36)31-14-7-4-8-15-31/h3*3-29H,1-2H3. The third-order valence-electron chi connectivity index (χ3n) is 29.7. The molecule has 0 N–H and O–H groups in total. The smallest absolute Gasteiger partial charge is 0.164 e. The van der Waals surface area contributed by atoms with Crippen LogP contribution in [0.5, 0.6) is 0 Å². The average molecular weight is 1930 g/mol. The van der Waals surface area contributed by atoms with Gasteiger partial charge in [0.2, 0.25) is 0 Å². The van der Waals surface area contributed by atoms with Gasteiger partial charge in [-0.1, -0.05) is 506 Å². The molecule has 12 heteroatoms. The molecule has 0 saturated heterocycles. The molecule has 147 heavy (non-hydrogen) atoms. The Morgan fingerprint density at radius 3 is 0.714 bits per heavy atom. The zero-order chi connectivity index (χ0) is 98.9. The van der Waals surface area contributed by atoms with Crippen molar-refractivity contribution in [3.05, 3.63) is 491 Å². The van der Waals surface area contributed by atoms with Crippen molar-refractivity contribution < 1.29 is 0 Å². The van der Waals surface area contributed by atoms with E-state index in [2.05, 4.69) is 494 Å². The highest BCUT2D eigenvalue weighted by molar-refractivity contribution is 7.07. The Labute approximate surface area is 859 Å². The molecule has 27 rings (SSSR count). The van der Waals surface area contributed by atoms with Crippen LogP contribution in [-0.4, -0.2) is 69.1 Å². The molecule has 3 aliphatic heterocycles. The van der Waals surface area contributed by atoms with Gasteiger partial charge in [0.1, 0.15) is 24.2 Å². The number of benzene rings is 21. The lowest BCUT2D eigenvalue weighted by molar-refractivity contribution is 1.07. The lowest BCUT2D eigenvalue weighted by Crippen LogP contribution is -2.50. The molecule has 0 unspecified atom stereocenters. The molecule has 0 spiro atoms. The van der Waals surface area contributed by atoms with E-state index in [0.29, 0.717) is 52.4 Å². The zero-order valence-corrected chi connectivity index (χ0v) is 85.3. The highest BCUT2D eigenvalue weighted by atomic mass is 28.3. The summed E-state index contributed by atoms with van der Waals surface area (Å²) in [7, 11) is -6.11. The van der Waals surface area contributed by atoms with Gasteiger partial charge < -0.3 is 0 Å². The Hall–Kier alpha value is -17.9. The molecule has 0 saturated carbocycles. The summed E-state index contributed by atoms with van der Waals surface area (Å²) in [5, 5.41) is 16.8. The molecule has 9 nitrogen and oxygen atoms in total. The van der Waals surface area contributed by atoms with E-state index in [9.17, 15) is 0 Å². The van der Waals surface area contributed by atoms with Crippen LogP contribution in [0.3, 0.4) is 0 Å². The molecule has 0 aliphatic carbocycles. The maximum absolute atomic E-state index is 5.27. The van der Waals surface area contributed by atoms with Crippen LogP contribution in [0.15, 0.2) is 491 Å². The second-order valence-corrected chi connectivity index (χ2v) is 52.7. The summed E-state index contributed by atoms with van der Waals surface area (Å²) >= 11 is 0. The van der Waals surface area contributed by atoms with Gasteiger partial charge in [-0.2, -0.15) is 0 Å². The van der Waals surface area contributed by atoms with Gasteiger partial charge in [-0.05, 0) is 188 Å². The second-order valence-electron chi connectivity index (χ2n) is 39.8. The van der Waals surface area contributed by atoms with Crippen molar-refractivity contribution in [2.24, 2.45) is 0 Å². The molecule has 3 aliphatic rings. The number of nitrogens with zero attached hydrogens (tertiary/aromatic N) is 9. The van der Waals surface area contributed by atoms with Gasteiger partial charge in [-0.25, -0.2) is 44.9 Å². The monoisotopic (exact) mass is 1930 g/mol. The first-order valence-corrected chi connectivity index (χ1v) is 59.4. The third kappa shape index (κ3) is 17.0. The minimum Gasteiger partial charge on any atom is -0.208 e. The molecule has 0 atom stereocenters. The van der Waals surface area contributed by atoms with Gasteiger partial charge in [0, 0.05) is 50.1 Å². The van der Waals surface area contributed by atoms with E-state index in [-0.39, 0.29) is 0 Å². The molecule has 0 bridgehead atoms. The van der Waals surface area contributed by atoms with Crippen molar-refractivity contribution in [3.8, 4) is 203 Å². The van der Waals surface area contributed by atoms with E-state index in [0.717, 1.165) is 100 Å². The van der Waals surface area contributed by atoms with Crippen molar-refractivity contribution >= 4 is 87.7 Å². The predicted octanol–water partition coefficient (Wildman–Crippen LogP) is 30.5. The Morgan fingerprint density at radius 2 is 0.347 bits per heavy atom. The van der Waals surface area contributed by atoms with Crippen LogP contribution in [-0.2, 0) is 0 Å². The number of fused-ring (bicyclic) bond motifs is 15. The summed E-state index contributed by atoms with van der Waals surface area (Å²) in [5.41, 5.74) is 30.7. The molecule has 24 aromatic rings. The maximum atomic E-state index is 5.27. The first-order valence-electron chi connectivity index (χ1n) is 50.4. The van der Waals surface area contributed by atoms with Crippen LogP contribution < -0.4 is 31.1 Å². The fourth-order valence-corrected chi connectivity index (χ4v) is 33.2. The van der Waals surface area contributed by atoms with Crippen LogP contribution >= 0.6 is 0 Å². The summed E-state index contributed by atoms with van der Waals surface area (Å²) in [6.07, 6.45) is 0. The number of hydrogen-bond acceptors (Lipinski definition) is 9. The highest BCUT2D eigenvalue weighted by Crippen LogP contribution is 2.43. The summed E-state index contributed by atoms with van der Waals surface area (Å²) in [4.78, 5) is 46.4. The Bertz CT molecular complexity index is 9200. The number of hydrogen-bond donors (Lipinski definition) is 0. The number of aromatic nitrogens is 9. The van der Waals surface area contributed by atoms with Gasteiger partial charge in [0.05, 0.1) is 0 Å². The van der Waals surface area contributed by atoms with Gasteiger partial charge >= 0.3 is 0 Å². The van der Waals surface area contributed by atoms with E-state index in [4.69, 9.17) is 44.9 Å². The SMILES string of the molecule is C[Si]1(C)c2c(-c3nc(-c4ccc(-c5ccccc5)cc4)nc(-c4cccc(-c5ccccc5)c4)n3)cccc2-c2ccc3ccccc3c21.C[Si]1(C)c2cc(-c3nc(-c4ccc(-c5ccccc5)cc4)nc(-c4cccc(-c5ccccc5)c4)n3)ccc2-c2ccc3ccccc3c21.C[Si]1(C)c2ccc(-c3nc(-c4ccc(-c5ccccc5)cc4)nc(-c4cccc(-c5ccccc5)c4)n3)cc2-c2ccc3ccccc3c21. The Kier molecular flexibility index (Phi) is 23.2. The van der Waals surface area contributed by atoms with Crippen LogP contribution in [0.2, 0.25) is 39.3 Å². The lowest BCUT2D eigenvalue weighted by Gasteiger charge is -2.23. The third-order valence-corrected chi connectivity index (χ3v) is 40.4. The fraction of sp³-hybridized carbons (Fsp3) is 0.0444. The van der Waals surface area contributed by atoms with E-state index >= 15 is 0 Å². The summed E-state index contributed by atoms with van der Waals surface area (Å²) in [6, 6.07) is 174. The minimum atomic E-state index is -2.16. The number of rotatable bonds is 15. The van der Waals surface area contributed by atoms with Gasteiger partial charge in [-0.15, -0.1) is 0 Å². The fourth-order valence-electron chi connectivity index (χ4n) is 22.4. The molecule has 0 amide bonds. The van der Waals surface area contributed by atoms with E-state index in [1.54, 1.807) is 0 Å². The van der Waals surface area contributed by atoms with Crippen LogP contribution in [0, 0.1) is 0 Å². The van der Waals surface area contributed by atoms with Crippen molar-refractivity contribution in [2.75, 3.05) is 0 Å². The Balaban J connectivity index is 0.000000115. The summed E-state index contributed by atoms with van der Waals surface area (Å²) < 4.78 is 0. The minimum absolute atomic E-state index is 0.659. The van der Waals surface area contributed by atoms with Gasteiger partial charge in [-0.3, -0.25) is 0 Å². The second kappa shape index (κ2) is 37.7. The summed E-state index contributed by atoms with van der Waals surface area (Å²) in [6.45, 7) is 14.8. The lowest BCUT2D eigenvalue weighted by atomic mass is 9.99. The zero-order valence-electron chi connectivity index (χ0n) is 82.3. The molecule has 696 valence electrons. The van der Waals surface area contributed by atoms with Gasteiger partial charge in [0.25, 0.3) is 0 Å². The Morgan fingerprint density at radius 1 is 0.122 bits per heavy atom. The summed E-state index contributed by atoms with van der Waals surface area (Å²) in [5.74, 6) is 6.06. The molecule has 3 aromatic heterocycles.